The predicted octanol–water partition coefficient (Wildman–Crippen LogP) is 3.17. The molecule has 2 aromatic carbocycles. The van der Waals surface area contributed by atoms with Gasteiger partial charge in [-0.15, -0.1) is 0 Å². The summed E-state index contributed by atoms with van der Waals surface area (Å²) in [4.78, 5) is 11.3. The Morgan fingerprint density at radius 1 is 1.13 bits per heavy atom. The first-order valence-electron chi connectivity index (χ1n) is 7.38. The third-order valence-electron chi connectivity index (χ3n) is 3.37. The van der Waals surface area contributed by atoms with E-state index in [2.05, 4.69) is 0 Å². The number of para-hydroxylation sites is 1. The monoisotopic (exact) mass is 316 g/mol. The van der Waals surface area contributed by atoms with Crippen molar-refractivity contribution >= 4 is 5.97 Å². The number of rotatable bonds is 7. The van der Waals surface area contributed by atoms with Crippen LogP contribution in [0.1, 0.15) is 34.5 Å². The summed E-state index contributed by atoms with van der Waals surface area (Å²) in [6.07, 6.45) is -2.03. The van der Waals surface area contributed by atoms with E-state index >= 15 is 0 Å². The minimum atomic E-state index is -1.20. The zero-order valence-corrected chi connectivity index (χ0v) is 13.1. The second kappa shape index (κ2) is 7.76. The van der Waals surface area contributed by atoms with Crippen molar-refractivity contribution in [2.24, 2.45) is 0 Å². The number of carboxylic acid groups (broad SMARTS) is 1. The van der Waals surface area contributed by atoms with E-state index in [-0.39, 0.29) is 11.3 Å². The summed E-state index contributed by atoms with van der Waals surface area (Å²) in [5, 5.41) is 19.5. The summed E-state index contributed by atoms with van der Waals surface area (Å²) < 4.78 is 11.0. The molecule has 0 aromatic heterocycles. The van der Waals surface area contributed by atoms with Crippen LogP contribution >= 0.6 is 0 Å². The fourth-order valence-corrected chi connectivity index (χ4v) is 2.19. The average molecular weight is 316 g/mol. The summed E-state index contributed by atoms with van der Waals surface area (Å²) >= 11 is 0. The Balaban J connectivity index is 2.35. The number of hydrogen-bond acceptors (Lipinski definition) is 4. The third kappa shape index (κ3) is 4.31. The highest BCUT2D eigenvalue weighted by Crippen LogP contribution is 2.28. The minimum Gasteiger partial charge on any atom is -0.479 e. The first-order valence-corrected chi connectivity index (χ1v) is 7.38. The molecule has 0 saturated heterocycles. The maximum Gasteiger partial charge on any atom is 0.339 e. The lowest BCUT2D eigenvalue weighted by Gasteiger charge is -2.25. The molecule has 0 bridgehead atoms. The molecule has 0 radical (unpaired) electrons. The Labute approximate surface area is 135 Å². The lowest BCUT2D eigenvalue weighted by Crippen LogP contribution is -2.27. The summed E-state index contributed by atoms with van der Waals surface area (Å²) in [7, 11) is 0. The number of aliphatic hydroxyl groups excluding tert-OH is 1. The van der Waals surface area contributed by atoms with Gasteiger partial charge in [-0.2, -0.15) is 0 Å². The normalized spacial score (nSPS) is 13.3. The highest BCUT2D eigenvalue weighted by atomic mass is 16.6. The summed E-state index contributed by atoms with van der Waals surface area (Å²) in [5.41, 5.74) is 1.81. The Morgan fingerprint density at radius 2 is 1.78 bits per heavy atom. The highest BCUT2D eigenvalue weighted by molar-refractivity contribution is 5.90. The Hall–Kier alpha value is -2.37. The predicted molar refractivity (Wildman–Crippen MR) is 85.6 cm³/mol. The molecule has 122 valence electrons. The Morgan fingerprint density at radius 3 is 2.39 bits per heavy atom. The van der Waals surface area contributed by atoms with E-state index in [9.17, 15) is 15.0 Å². The maximum absolute atomic E-state index is 11.3. The van der Waals surface area contributed by atoms with E-state index in [1.54, 1.807) is 25.1 Å². The standard InChI is InChI=1S/C18H20O5/c1-3-22-18(21)16(13-10-8-12(2)9-11-13)23-15-7-5-4-6-14(15)17(19)20/h4-11,16,18,21H,3H2,1-2H3,(H,19,20)/t16-,18-/m1/s1. The van der Waals surface area contributed by atoms with Gasteiger partial charge in [-0.25, -0.2) is 4.79 Å². The molecular formula is C18H20O5. The molecule has 0 amide bonds. The molecule has 0 aliphatic carbocycles. The molecule has 0 aliphatic heterocycles. The van der Waals surface area contributed by atoms with Crippen LogP contribution < -0.4 is 4.74 Å². The van der Waals surface area contributed by atoms with Crippen LogP contribution in [-0.2, 0) is 4.74 Å². The fraction of sp³-hybridized carbons (Fsp3) is 0.278. The molecule has 2 atom stereocenters. The third-order valence-corrected chi connectivity index (χ3v) is 3.37. The van der Waals surface area contributed by atoms with Gasteiger partial charge in [0.1, 0.15) is 11.3 Å². The number of aryl methyl sites for hydroxylation is 1. The lowest BCUT2D eigenvalue weighted by molar-refractivity contribution is -0.152. The number of benzene rings is 2. The van der Waals surface area contributed by atoms with Crippen molar-refractivity contribution in [3.8, 4) is 5.75 Å². The van der Waals surface area contributed by atoms with E-state index in [1.807, 2.05) is 31.2 Å². The Bertz CT molecular complexity index is 651. The zero-order chi connectivity index (χ0) is 16.8. The van der Waals surface area contributed by atoms with Crippen LogP contribution in [0.4, 0.5) is 0 Å². The smallest absolute Gasteiger partial charge is 0.339 e. The molecule has 0 spiro atoms. The van der Waals surface area contributed by atoms with Crippen molar-refractivity contribution in [3.63, 3.8) is 0 Å². The van der Waals surface area contributed by atoms with Gasteiger partial charge in [0, 0.05) is 6.61 Å². The van der Waals surface area contributed by atoms with Gasteiger partial charge in [-0.05, 0) is 31.5 Å². The molecule has 0 fully saturated rings. The largest absolute Gasteiger partial charge is 0.479 e. The highest BCUT2D eigenvalue weighted by Gasteiger charge is 2.25. The van der Waals surface area contributed by atoms with Crippen LogP contribution in [0.5, 0.6) is 5.75 Å². The van der Waals surface area contributed by atoms with E-state index in [1.165, 1.54) is 6.07 Å². The number of hydrogen-bond donors (Lipinski definition) is 2. The average Bonchev–Trinajstić information content (AvgIpc) is 2.54. The molecule has 2 N–H and O–H groups in total. The van der Waals surface area contributed by atoms with Gasteiger partial charge < -0.3 is 19.7 Å². The van der Waals surface area contributed by atoms with Crippen LogP contribution in [-0.4, -0.2) is 29.1 Å². The van der Waals surface area contributed by atoms with Crippen molar-refractivity contribution in [2.75, 3.05) is 6.61 Å². The van der Waals surface area contributed by atoms with Crippen LogP contribution in [0.15, 0.2) is 48.5 Å². The second-order valence-electron chi connectivity index (χ2n) is 5.10. The quantitative estimate of drug-likeness (QED) is 0.767. The molecule has 2 aromatic rings. The Kier molecular flexibility index (Phi) is 5.73. The number of aromatic carboxylic acids is 1. The summed E-state index contributed by atoms with van der Waals surface area (Å²) in [6, 6.07) is 13.8. The van der Waals surface area contributed by atoms with Gasteiger partial charge in [-0.3, -0.25) is 0 Å². The topological polar surface area (TPSA) is 76.0 Å². The van der Waals surface area contributed by atoms with Gasteiger partial charge in [0.25, 0.3) is 0 Å². The van der Waals surface area contributed by atoms with Crippen LogP contribution in [0, 0.1) is 6.92 Å². The van der Waals surface area contributed by atoms with Gasteiger partial charge in [-0.1, -0.05) is 42.0 Å². The first kappa shape index (κ1) is 17.0. The minimum absolute atomic E-state index is 0.0355. The van der Waals surface area contributed by atoms with Crippen molar-refractivity contribution in [1.82, 2.24) is 0 Å². The van der Waals surface area contributed by atoms with Crippen molar-refractivity contribution in [1.29, 1.82) is 0 Å². The van der Waals surface area contributed by atoms with E-state index in [4.69, 9.17) is 9.47 Å². The van der Waals surface area contributed by atoms with Gasteiger partial charge in [0.2, 0.25) is 0 Å². The van der Waals surface area contributed by atoms with Gasteiger partial charge >= 0.3 is 5.97 Å². The molecular weight excluding hydrogens is 296 g/mol. The van der Waals surface area contributed by atoms with E-state index in [0.717, 1.165) is 5.56 Å². The number of carbonyl (C=O) groups is 1. The van der Waals surface area contributed by atoms with Crippen LogP contribution in [0.3, 0.4) is 0 Å². The van der Waals surface area contributed by atoms with Crippen molar-refractivity contribution in [3.05, 3.63) is 65.2 Å². The SMILES string of the molecule is CCO[C@@H](O)[C@H](Oc1ccccc1C(=O)O)c1ccc(C)cc1. The fourth-order valence-electron chi connectivity index (χ4n) is 2.19. The molecule has 0 unspecified atom stereocenters. The molecule has 2 rings (SSSR count). The van der Waals surface area contributed by atoms with Crippen molar-refractivity contribution in [2.45, 2.75) is 26.2 Å². The zero-order valence-electron chi connectivity index (χ0n) is 13.1. The number of carboxylic acids is 1. The maximum atomic E-state index is 11.3. The van der Waals surface area contributed by atoms with E-state index in [0.29, 0.717) is 12.2 Å². The van der Waals surface area contributed by atoms with Crippen LogP contribution in [0.2, 0.25) is 0 Å². The molecule has 0 heterocycles. The first-order chi connectivity index (χ1) is 11.0. The lowest BCUT2D eigenvalue weighted by atomic mass is 10.1. The summed E-state index contributed by atoms with van der Waals surface area (Å²) in [5.74, 6) is -0.904. The molecule has 5 heteroatoms. The summed E-state index contributed by atoms with van der Waals surface area (Å²) in [6.45, 7) is 4.03. The van der Waals surface area contributed by atoms with Gasteiger partial charge in [0.15, 0.2) is 12.4 Å². The second-order valence-corrected chi connectivity index (χ2v) is 5.10. The van der Waals surface area contributed by atoms with Crippen LogP contribution in [0.25, 0.3) is 0 Å². The molecule has 5 nitrogen and oxygen atoms in total. The van der Waals surface area contributed by atoms with E-state index < -0.39 is 18.4 Å². The van der Waals surface area contributed by atoms with Gasteiger partial charge in [0.05, 0.1) is 0 Å². The van der Waals surface area contributed by atoms with Crippen molar-refractivity contribution < 1.29 is 24.5 Å². The molecule has 0 saturated carbocycles. The molecule has 23 heavy (non-hydrogen) atoms. The molecule has 0 aliphatic rings. The number of ether oxygens (including phenoxy) is 2. The number of aliphatic hydroxyl groups is 1.